The van der Waals surface area contributed by atoms with Crippen LogP contribution < -0.4 is 5.32 Å². The monoisotopic (exact) mass is 376 g/mol. The Morgan fingerprint density at radius 1 is 1.12 bits per heavy atom. The lowest BCUT2D eigenvalue weighted by molar-refractivity contribution is -0.118. The summed E-state index contributed by atoms with van der Waals surface area (Å²) in [6, 6.07) is 11.2. The van der Waals surface area contributed by atoms with Crippen molar-refractivity contribution in [1.82, 2.24) is 20.5 Å². The Bertz CT molecular complexity index is 808. The van der Waals surface area contributed by atoms with Gasteiger partial charge in [-0.15, -0.1) is 10.2 Å². The molecule has 1 amide bonds. The molecule has 0 bridgehead atoms. The zero-order valence-electron chi connectivity index (χ0n) is 12.5. The molecule has 3 rings (SSSR count). The van der Waals surface area contributed by atoms with Gasteiger partial charge in [0.05, 0.1) is 5.75 Å². The molecule has 1 N–H and O–H groups in total. The molecule has 2 aromatic heterocycles. The molecule has 0 aliphatic heterocycles. The van der Waals surface area contributed by atoms with Crippen LogP contribution in [0, 0.1) is 0 Å². The second kappa shape index (κ2) is 8.23. The van der Waals surface area contributed by atoms with Gasteiger partial charge in [0.25, 0.3) is 0 Å². The molecule has 2 heterocycles. The predicted octanol–water partition coefficient (Wildman–Crippen LogP) is 3.66. The summed E-state index contributed by atoms with van der Waals surface area (Å²) in [7, 11) is 0. The first-order valence-electron chi connectivity index (χ1n) is 7.08. The van der Waals surface area contributed by atoms with Gasteiger partial charge in [0, 0.05) is 29.5 Å². The van der Waals surface area contributed by atoms with E-state index in [0.717, 1.165) is 20.5 Å². The highest BCUT2D eigenvalue weighted by Gasteiger charge is 2.09. The number of nitrogens with zero attached hydrogens (tertiary/aromatic N) is 3. The number of amides is 1. The first-order valence-corrected chi connectivity index (χ1v) is 9.26. The quantitative estimate of drug-likeness (QED) is 0.665. The smallest absolute Gasteiger partial charge is 0.230 e. The lowest BCUT2D eigenvalue weighted by Crippen LogP contribution is -2.24. The third kappa shape index (κ3) is 4.77. The summed E-state index contributed by atoms with van der Waals surface area (Å²) in [5, 5.41) is 12.6. The number of benzene rings is 1. The Balaban J connectivity index is 1.48. The van der Waals surface area contributed by atoms with E-state index < -0.39 is 0 Å². The van der Waals surface area contributed by atoms with E-state index in [1.54, 1.807) is 24.5 Å². The van der Waals surface area contributed by atoms with Crippen LogP contribution in [0.5, 0.6) is 0 Å². The summed E-state index contributed by atoms with van der Waals surface area (Å²) in [4.78, 5) is 15.9. The van der Waals surface area contributed by atoms with Crippen molar-refractivity contribution < 1.29 is 4.79 Å². The van der Waals surface area contributed by atoms with Crippen LogP contribution in [0.15, 0.2) is 53.1 Å². The number of pyridine rings is 1. The molecule has 0 spiro atoms. The molecule has 0 radical (unpaired) electrons. The number of thioether (sulfide) groups is 1. The molecule has 24 heavy (non-hydrogen) atoms. The minimum atomic E-state index is -0.0457. The van der Waals surface area contributed by atoms with E-state index in [1.165, 1.54) is 23.1 Å². The Morgan fingerprint density at radius 2 is 1.88 bits per heavy atom. The van der Waals surface area contributed by atoms with E-state index in [-0.39, 0.29) is 5.91 Å². The topological polar surface area (TPSA) is 67.8 Å². The molecular weight excluding hydrogens is 364 g/mol. The maximum atomic E-state index is 11.9. The highest BCUT2D eigenvalue weighted by Crippen LogP contribution is 2.28. The lowest BCUT2D eigenvalue weighted by Gasteiger charge is -2.04. The Labute approximate surface area is 152 Å². The highest BCUT2D eigenvalue weighted by molar-refractivity contribution is 8.01. The third-order valence-electron chi connectivity index (χ3n) is 3.06. The van der Waals surface area contributed by atoms with Gasteiger partial charge >= 0.3 is 0 Å². The van der Waals surface area contributed by atoms with Gasteiger partial charge in [-0.05, 0) is 29.8 Å². The first-order chi connectivity index (χ1) is 11.7. The number of rotatable bonds is 6. The number of carbonyl (C=O) groups is 1. The van der Waals surface area contributed by atoms with Crippen molar-refractivity contribution in [2.75, 3.05) is 5.75 Å². The number of carbonyl (C=O) groups excluding carboxylic acids is 1. The van der Waals surface area contributed by atoms with Gasteiger partial charge < -0.3 is 5.32 Å². The van der Waals surface area contributed by atoms with Crippen LogP contribution in [0.4, 0.5) is 0 Å². The predicted molar refractivity (Wildman–Crippen MR) is 97.2 cm³/mol. The van der Waals surface area contributed by atoms with Crippen LogP contribution >= 0.6 is 34.7 Å². The number of hydrogen-bond donors (Lipinski definition) is 1. The zero-order chi connectivity index (χ0) is 16.8. The van der Waals surface area contributed by atoms with Crippen LogP contribution in [0.25, 0.3) is 10.6 Å². The van der Waals surface area contributed by atoms with E-state index in [4.69, 9.17) is 11.6 Å². The summed E-state index contributed by atoms with van der Waals surface area (Å²) in [5.41, 5.74) is 1.98. The zero-order valence-corrected chi connectivity index (χ0v) is 14.9. The molecule has 0 aliphatic carbocycles. The Morgan fingerprint density at radius 3 is 2.62 bits per heavy atom. The number of nitrogens with one attached hydrogen (secondary N) is 1. The van der Waals surface area contributed by atoms with Crippen molar-refractivity contribution in [3.8, 4) is 10.6 Å². The molecule has 0 unspecified atom stereocenters. The van der Waals surface area contributed by atoms with Gasteiger partial charge in [0.1, 0.15) is 5.01 Å². The van der Waals surface area contributed by atoms with Crippen molar-refractivity contribution in [2.45, 2.75) is 10.9 Å². The average molecular weight is 377 g/mol. The molecule has 0 saturated heterocycles. The van der Waals surface area contributed by atoms with Gasteiger partial charge in [-0.25, -0.2) is 0 Å². The highest BCUT2D eigenvalue weighted by atomic mass is 35.5. The van der Waals surface area contributed by atoms with Gasteiger partial charge in [0.2, 0.25) is 5.91 Å². The fourth-order valence-electron chi connectivity index (χ4n) is 1.86. The standard InChI is InChI=1S/C16H13ClN4OS2/c17-13-3-1-11(2-4-13)9-19-14(22)10-23-16-21-20-15(24-16)12-5-7-18-8-6-12/h1-8H,9-10H2,(H,19,22). The Kier molecular flexibility index (Phi) is 5.79. The molecule has 122 valence electrons. The van der Waals surface area contributed by atoms with Crippen LogP contribution in [-0.4, -0.2) is 26.8 Å². The van der Waals surface area contributed by atoms with Crippen molar-refractivity contribution >= 4 is 40.6 Å². The normalized spacial score (nSPS) is 10.5. The van der Waals surface area contributed by atoms with Crippen LogP contribution in [0.1, 0.15) is 5.56 Å². The summed E-state index contributed by atoms with van der Waals surface area (Å²) >= 11 is 8.67. The summed E-state index contributed by atoms with van der Waals surface area (Å²) in [6.45, 7) is 0.481. The molecule has 0 fully saturated rings. The largest absolute Gasteiger partial charge is 0.351 e. The molecule has 5 nitrogen and oxygen atoms in total. The first kappa shape index (κ1) is 16.9. The van der Waals surface area contributed by atoms with E-state index in [9.17, 15) is 4.79 Å². The summed E-state index contributed by atoms with van der Waals surface area (Å²) in [6.07, 6.45) is 3.43. The maximum Gasteiger partial charge on any atom is 0.230 e. The molecular formula is C16H13ClN4OS2. The summed E-state index contributed by atoms with van der Waals surface area (Å²) in [5.74, 6) is 0.258. The van der Waals surface area contributed by atoms with Gasteiger partial charge in [0.15, 0.2) is 4.34 Å². The molecule has 1 aromatic carbocycles. The molecule has 8 heteroatoms. The molecule has 0 atom stereocenters. The third-order valence-corrected chi connectivity index (χ3v) is 5.42. The SMILES string of the molecule is O=C(CSc1nnc(-c2ccncc2)s1)NCc1ccc(Cl)cc1. The van der Waals surface area contributed by atoms with Crippen molar-refractivity contribution in [3.05, 3.63) is 59.4 Å². The summed E-state index contributed by atoms with van der Waals surface area (Å²) < 4.78 is 0.767. The minimum Gasteiger partial charge on any atom is -0.351 e. The fourth-order valence-corrected chi connectivity index (χ4v) is 3.67. The number of halogens is 1. The van der Waals surface area contributed by atoms with Crippen LogP contribution in [0.3, 0.4) is 0 Å². The molecule has 3 aromatic rings. The second-order valence-electron chi connectivity index (χ2n) is 4.80. The lowest BCUT2D eigenvalue weighted by atomic mass is 10.2. The minimum absolute atomic E-state index is 0.0457. The second-order valence-corrected chi connectivity index (χ2v) is 7.44. The van der Waals surface area contributed by atoms with Crippen molar-refractivity contribution in [3.63, 3.8) is 0 Å². The van der Waals surface area contributed by atoms with Gasteiger partial charge in [-0.1, -0.05) is 46.8 Å². The van der Waals surface area contributed by atoms with Gasteiger partial charge in [-0.3, -0.25) is 9.78 Å². The van der Waals surface area contributed by atoms with Crippen LogP contribution in [0.2, 0.25) is 5.02 Å². The average Bonchev–Trinajstić information content (AvgIpc) is 3.09. The Hall–Kier alpha value is -1.96. The fraction of sp³-hybridized carbons (Fsp3) is 0.125. The van der Waals surface area contributed by atoms with Crippen LogP contribution in [-0.2, 0) is 11.3 Å². The van der Waals surface area contributed by atoms with E-state index in [0.29, 0.717) is 17.3 Å². The van der Waals surface area contributed by atoms with Crippen molar-refractivity contribution in [2.24, 2.45) is 0 Å². The number of hydrogen-bond acceptors (Lipinski definition) is 6. The molecule has 0 aliphatic rings. The van der Waals surface area contributed by atoms with E-state index in [1.807, 2.05) is 24.3 Å². The van der Waals surface area contributed by atoms with Crippen molar-refractivity contribution in [1.29, 1.82) is 0 Å². The van der Waals surface area contributed by atoms with Gasteiger partial charge in [-0.2, -0.15) is 0 Å². The van der Waals surface area contributed by atoms with E-state index >= 15 is 0 Å². The molecule has 0 saturated carbocycles. The van der Waals surface area contributed by atoms with E-state index in [2.05, 4.69) is 20.5 Å². The number of aromatic nitrogens is 3. The maximum absolute atomic E-state index is 11.9.